The molecule has 140 valence electrons. The lowest BCUT2D eigenvalue weighted by Crippen LogP contribution is -2.52. The third-order valence-electron chi connectivity index (χ3n) is 4.94. The van der Waals surface area contributed by atoms with Crippen molar-refractivity contribution in [3.8, 4) is 5.75 Å². The zero-order valence-corrected chi connectivity index (χ0v) is 15.9. The third-order valence-corrected chi connectivity index (χ3v) is 9.06. The van der Waals surface area contributed by atoms with E-state index in [4.69, 9.17) is 4.74 Å². The van der Waals surface area contributed by atoms with E-state index in [0.29, 0.717) is 25.4 Å². The number of benzene rings is 1. The van der Waals surface area contributed by atoms with Crippen LogP contribution in [0.3, 0.4) is 0 Å². The molecule has 0 bridgehead atoms. The topological polar surface area (TPSA) is 92.8 Å². The van der Waals surface area contributed by atoms with Crippen LogP contribution in [0.4, 0.5) is 0 Å². The molecule has 0 saturated carbocycles. The summed E-state index contributed by atoms with van der Waals surface area (Å²) in [5, 5.41) is 2.61. The molecule has 2 fully saturated rings. The van der Waals surface area contributed by atoms with E-state index in [0.717, 1.165) is 5.56 Å². The molecule has 0 aromatic heterocycles. The molecule has 1 atom stereocenters. The van der Waals surface area contributed by atoms with Gasteiger partial charge in [-0.25, -0.2) is 16.8 Å². The molecule has 3 rings (SSSR count). The van der Waals surface area contributed by atoms with Crippen LogP contribution in [-0.2, 0) is 19.9 Å². The van der Waals surface area contributed by atoms with Gasteiger partial charge in [-0.2, -0.15) is 4.31 Å². The molecule has 25 heavy (non-hydrogen) atoms. The molecular weight excluding hydrogens is 364 g/mol. The maximum Gasteiger partial charge on any atom is 0.217 e. The van der Waals surface area contributed by atoms with E-state index in [1.54, 1.807) is 7.11 Å². The second-order valence-corrected chi connectivity index (χ2v) is 10.9. The SMILES string of the molecule is COc1ccccc1C1CNCCN1S(=O)(=O)C1CCS(=O)(=O)CC1. The van der Waals surface area contributed by atoms with Gasteiger partial charge in [0.25, 0.3) is 0 Å². The first-order valence-electron chi connectivity index (χ1n) is 8.40. The van der Waals surface area contributed by atoms with Crippen molar-refractivity contribution in [2.24, 2.45) is 0 Å². The van der Waals surface area contributed by atoms with E-state index < -0.39 is 25.1 Å². The Morgan fingerprint density at radius 3 is 2.56 bits per heavy atom. The lowest BCUT2D eigenvalue weighted by atomic mass is 10.0. The highest BCUT2D eigenvalue weighted by Gasteiger charge is 2.41. The maximum absolute atomic E-state index is 13.2. The summed E-state index contributed by atoms with van der Waals surface area (Å²) in [7, 11) is -5.11. The highest BCUT2D eigenvalue weighted by molar-refractivity contribution is 7.92. The molecule has 1 unspecified atom stereocenters. The fraction of sp³-hybridized carbons (Fsp3) is 0.625. The van der Waals surface area contributed by atoms with Crippen LogP contribution in [0.25, 0.3) is 0 Å². The van der Waals surface area contributed by atoms with Crippen molar-refractivity contribution in [1.82, 2.24) is 9.62 Å². The molecule has 1 N–H and O–H groups in total. The van der Waals surface area contributed by atoms with Gasteiger partial charge in [0, 0.05) is 25.2 Å². The number of ether oxygens (including phenoxy) is 1. The molecule has 0 radical (unpaired) electrons. The summed E-state index contributed by atoms with van der Waals surface area (Å²) in [5.74, 6) is 0.549. The van der Waals surface area contributed by atoms with Crippen molar-refractivity contribution < 1.29 is 21.6 Å². The molecule has 0 amide bonds. The molecule has 7 nitrogen and oxygen atoms in total. The van der Waals surface area contributed by atoms with Gasteiger partial charge in [-0.1, -0.05) is 18.2 Å². The molecular formula is C16H24N2O5S2. The van der Waals surface area contributed by atoms with Crippen molar-refractivity contribution in [3.05, 3.63) is 29.8 Å². The first-order valence-corrected chi connectivity index (χ1v) is 11.7. The monoisotopic (exact) mass is 388 g/mol. The third kappa shape index (κ3) is 3.84. The standard InChI is InChI=1S/C16H24N2O5S2/c1-23-16-5-3-2-4-14(16)15-12-17-8-9-18(15)25(21,22)13-6-10-24(19,20)11-7-13/h2-5,13,15,17H,6-12H2,1H3. The van der Waals surface area contributed by atoms with Gasteiger partial charge in [0.05, 0.1) is 29.9 Å². The summed E-state index contributed by atoms with van der Waals surface area (Å²) in [6, 6.07) is 7.06. The van der Waals surface area contributed by atoms with Crippen LogP contribution >= 0.6 is 0 Å². The highest BCUT2D eigenvalue weighted by atomic mass is 32.2. The minimum atomic E-state index is -3.58. The molecule has 1 aromatic rings. The summed E-state index contributed by atoms with van der Waals surface area (Å²) in [6.45, 7) is 1.45. The summed E-state index contributed by atoms with van der Waals surface area (Å²) in [6.07, 6.45) is 0.348. The Labute approximate surface area is 149 Å². The minimum Gasteiger partial charge on any atom is -0.496 e. The molecule has 0 spiro atoms. The Kier molecular flexibility index (Phi) is 5.38. The summed E-state index contributed by atoms with van der Waals surface area (Å²) >= 11 is 0. The largest absolute Gasteiger partial charge is 0.496 e. The van der Waals surface area contributed by atoms with Gasteiger partial charge in [0.15, 0.2) is 0 Å². The van der Waals surface area contributed by atoms with Crippen molar-refractivity contribution in [3.63, 3.8) is 0 Å². The van der Waals surface area contributed by atoms with Crippen molar-refractivity contribution >= 4 is 19.9 Å². The number of rotatable bonds is 4. The minimum absolute atomic E-state index is 0.0533. The van der Waals surface area contributed by atoms with Crippen LogP contribution in [0.5, 0.6) is 5.75 Å². The number of sulfone groups is 1. The molecule has 1 aromatic carbocycles. The number of methoxy groups -OCH3 is 1. The van der Waals surface area contributed by atoms with Gasteiger partial charge in [-0.05, 0) is 18.9 Å². The number of piperazine rings is 1. The lowest BCUT2D eigenvalue weighted by Gasteiger charge is -2.38. The number of nitrogens with zero attached hydrogens (tertiary/aromatic N) is 1. The zero-order valence-electron chi connectivity index (χ0n) is 14.2. The summed E-state index contributed by atoms with van der Waals surface area (Å²) < 4.78 is 56.6. The van der Waals surface area contributed by atoms with E-state index in [2.05, 4.69) is 5.32 Å². The Hall–Kier alpha value is -1.16. The van der Waals surface area contributed by atoms with E-state index in [-0.39, 0.29) is 30.4 Å². The number of hydrogen-bond acceptors (Lipinski definition) is 6. The van der Waals surface area contributed by atoms with Gasteiger partial charge >= 0.3 is 0 Å². The van der Waals surface area contributed by atoms with E-state index in [1.165, 1.54) is 4.31 Å². The van der Waals surface area contributed by atoms with Gasteiger partial charge in [0.2, 0.25) is 10.0 Å². The molecule has 2 aliphatic heterocycles. The van der Waals surface area contributed by atoms with E-state index in [1.807, 2.05) is 24.3 Å². The number of sulfonamides is 1. The Morgan fingerprint density at radius 1 is 1.20 bits per heavy atom. The van der Waals surface area contributed by atoms with Crippen LogP contribution in [0.1, 0.15) is 24.4 Å². The quantitative estimate of drug-likeness (QED) is 0.810. The number of para-hydroxylation sites is 1. The Balaban J connectivity index is 1.90. The predicted molar refractivity (Wildman–Crippen MR) is 95.9 cm³/mol. The number of nitrogens with one attached hydrogen (secondary N) is 1. The van der Waals surface area contributed by atoms with Crippen LogP contribution in [0.2, 0.25) is 0 Å². The average Bonchev–Trinajstić information content (AvgIpc) is 2.61. The first kappa shape index (κ1) is 18.6. The van der Waals surface area contributed by atoms with Gasteiger partial charge in [-0.15, -0.1) is 0 Å². The second kappa shape index (κ2) is 7.22. The summed E-state index contributed by atoms with van der Waals surface area (Å²) in [5.41, 5.74) is 0.823. The fourth-order valence-electron chi connectivity index (χ4n) is 3.55. The molecule has 2 heterocycles. The van der Waals surface area contributed by atoms with Crippen molar-refractivity contribution in [2.45, 2.75) is 24.1 Å². The Morgan fingerprint density at radius 2 is 1.88 bits per heavy atom. The van der Waals surface area contributed by atoms with Crippen LogP contribution in [0.15, 0.2) is 24.3 Å². The van der Waals surface area contributed by atoms with Crippen molar-refractivity contribution in [1.29, 1.82) is 0 Å². The smallest absolute Gasteiger partial charge is 0.217 e. The molecule has 2 saturated heterocycles. The fourth-order valence-corrected chi connectivity index (χ4v) is 7.45. The predicted octanol–water partition coefficient (Wildman–Crippen LogP) is 0.549. The summed E-state index contributed by atoms with van der Waals surface area (Å²) in [4.78, 5) is 0. The van der Waals surface area contributed by atoms with Crippen LogP contribution < -0.4 is 10.1 Å². The average molecular weight is 389 g/mol. The molecule has 2 aliphatic rings. The first-order chi connectivity index (χ1) is 11.8. The van der Waals surface area contributed by atoms with Gasteiger partial charge in [0.1, 0.15) is 15.6 Å². The lowest BCUT2D eigenvalue weighted by molar-refractivity contribution is 0.261. The van der Waals surface area contributed by atoms with Crippen LogP contribution in [-0.4, -0.2) is 64.6 Å². The van der Waals surface area contributed by atoms with E-state index in [9.17, 15) is 16.8 Å². The molecule has 0 aliphatic carbocycles. The Bertz CT molecular complexity index is 809. The van der Waals surface area contributed by atoms with Crippen molar-refractivity contribution in [2.75, 3.05) is 38.2 Å². The van der Waals surface area contributed by atoms with Gasteiger partial charge in [-0.3, -0.25) is 0 Å². The van der Waals surface area contributed by atoms with Gasteiger partial charge < -0.3 is 10.1 Å². The van der Waals surface area contributed by atoms with Crippen LogP contribution in [0, 0.1) is 0 Å². The zero-order chi connectivity index (χ0) is 18.1. The highest BCUT2D eigenvalue weighted by Crippen LogP contribution is 2.34. The number of hydrogen-bond donors (Lipinski definition) is 1. The second-order valence-electron chi connectivity index (χ2n) is 6.47. The normalized spacial score (nSPS) is 25.6. The van der Waals surface area contributed by atoms with E-state index >= 15 is 0 Å². The maximum atomic E-state index is 13.2. The molecule has 9 heteroatoms.